The molecule has 1 aromatic rings. The average molecular weight is 442 g/mol. The van der Waals surface area contributed by atoms with Crippen LogP contribution in [0.5, 0.6) is 0 Å². The highest BCUT2D eigenvalue weighted by atomic mass is 16.5. The molecular formula is C25H39N5O2. The molecule has 7 nitrogen and oxygen atoms in total. The van der Waals surface area contributed by atoms with Crippen LogP contribution in [0.1, 0.15) is 50.2 Å². The van der Waals surface area contributed by atoms with Crippen molar-refractivity contribution in [3.63, 3.8) is 0 Å². The van der Waals surface area contributed by atoms with E-state index < -0.39 is 0 Å². The first-order chi connectivity index (χ1) is 15.7. The summed E-state index contributed by atoms with van der Waals surface area (Å²) in [7, 11) is 0. The van der Waals surface area contributed by atoms with Gasteiger partial charge in [0.05, 0.1) is 6.54 Å². The van der Waals surface area contributed by atoms with Gasteiger partial charge in [-0.2, -0.15) is 0 Å². The smallest absolute Gasteiger partial charge is 0.251 e. The molecule has 1 unspecified atom stereocenters. The first kappa shape index (κ1) is 23.1. The number of ether oxygens (including phenoxy) is 1. The fourth-order valence-corrected chi connectivity index (χ4v) is 4.92. The molecule has 176 valence electrons. The van der Waals surface area contributed by atoms with Gasteiger partial charge in [-0.1, -0.05) is 30.7 Å². The van der Waals surface area contributed by atoms with E-state index >= 15 is 0 Å². The van der Waals surface area contributed by atoms with Crippen LogP contribution in [-0.2, 0) is 22.6 Å². The average Bonchev–Trinajstić information content (AvgIpc) is 3.38. The van der Waals surface area contributed by atoms with Crippen molar-refractivity contribution in [1.82, 2.24) is 20.0 Å². The fraction of sp³-hybridized carbons (Fsp3) is 0.680. The number of rotatable bonds is 6. The number of piperidine rings is 1. The van der Waals surface area contributed by atoms with E-state index in [9.17, 15) is 4.79 Å². The van der Waals surface area contributed by atoms with Crippen molar-refractivity contribution in [2.75, 3.05) is 52.4 Å². The van der Waals surface area contributed by atoms with Crippen LogP contribution in [0.4, 0.5) is 0 Å². The Morgan fingerprint density at radius 2 is 1.72 bits per heavy atom. The Morgan fingerprint density at radius 3 is 2.41 bits per heavy atom. The lowest BCUT2D eigenvalue weighted by molar-refractivity contribution is -0.142. The number of carbonyl (C=O) groups is 1. The first-order valence-corrected chi connectivity index (χ1v) is 12.5. The van der Waals surface area contributed by atoms with E-state index in [1.54, 1.807) is 0 Å². The van der Waals surface area contributed by atoms with Gasteiger partial charge in [-0.3, -0.25) is 9.69 Å². The minimum Gasteiger partial charge on any atom is -0.368 e. The van der Waals surface area contributed by atoms with E-state index in [1.807, 2.05) is 4.90 Å². The molecule has 3 aliphatic rings. The fourth-order valence-electron chi connectivity index (χ4n) is 4.92. The van der Waals surface area contributed by atoms with Gasteiger partial charge in [-0.05, 0) is 56.8 Å². The number of carbonyl (C=O) groups excluding carboxylic acids is 1. The van der Waals surface area contributed by atoms with Gasteiger partial charge in [0.2, 0.25) is 0 Å². The molecule has 1 aromatic carbocycles. The quantitative estimate of drug-likeness (QED) is 0.543. The summed E-state index contributed by atoms with van der Waals surface area (Å²) in [5.41, 5.74) is 2.70. The second kappa shape index (κ2) is 11.7. The molecule has 3 heterocycles. The van der Waals surface area contributed by atoms with Gasteiger partial charge in [0.25, 0.3) is 5.91 Å². The Morgan fingerprint density at radius 1 is 1.00 bits per heavy atom. The third-order valence-corrected chi connectivity index (χ3v) is 6.79. The third-order valence-electron chi connectivity index (χ3n) is 6.79. The van der Waals surface area contributed by atoms with Crippen LogP contribution < -0.4 is 5.32 Å². The van der Waals surface area contributed by atoms with Crippen molar-refractivity contribution in [1.29, 1.82) is 0 Å². The number of nitrogens with zero attached hydrogens (tertiary/aromatic N) is 4. The normalized spacial score (nSPS) is 22.9. The van der Waals surface area contributed by atoms with Crippen molar-refractivity contribution >= 4 is 11.9 Å². The Kier molecular flexibility index (Phi) is 8.40. The number of aliphatic imine (C=N–C) groups is 1. The maximum absolute atomic E-state index is 12.6. The highest BCUT2D eigenvalue weighted by Crippen LogP contribution is 2.18. The van der Waals surface area contributed by atoms with E-state index in [2.05, 4.69) is 46.3 Å². The Bertz CT molecular complexity index is 763. The standard InChI is InChI=1S/C25H39N5O2/c1-2-26-25(30-16-14-29(15-17-30)24(31)23-11-8-18-32-23)27-19-21-9-4-5-10-22(21)20-28-12-6-3-7-13-28/h4-5,9-10,23H,2-3,6-8,11-20H2,1H3,(H,26,27). The summed E-state index contributed by atoms with van der Waals surface area (Å²) in [6.07, 6.45) is 5.62. The van der Waals surface area contributed by atoms with Crippen LogP contribution in [0.2, 0.25) is 0 Å². The monoisotopic (exact) mass is 441 g/mol. The van der Waals surface area contributed by atoms with Crippen LogP contribution in [-0.4, -0.2) is 85.1 Å². The molecule has 4 rings (SSSR count). The second-order valence-electron chi connectivity index (χ2n) is 9.09. The molecule has 1 amide bonds. The lowest BCUT2D eigenvalue weighted by Crippen LogP contribution is -2.55. The molecule has 3 saturated heterocycles. The number of hydrogen-bond acceptors (Lipinski definition) is 4. The topological polar surface area (TPSA) is 60.4 Å². The van der Waals surface area contributed by atoms with Crippen molar-refractivity contribution in [3.05, 3.63) is 35.4 Å². The molecule has 3 fully saturated rings. The number of amides is 1. The zero-order valence-corrected chi connectivity index (χ0v) is 19.6. The predicted molar refractivity (Wildman–Crippen MR) is 128 cm³/mol. The molecule has 0 aliphatic carbocycles. The summed E-state index contributed by atoms with van der Waals surface area (Å²) in [5, 5.41) is 3.46. The Balaban J connectivity index is 1.36. The minimum absolute atomic E-state index is 0.163. The third kappa shape index (κ3) is 6.01. The van der Waals surface area contributed by atoms with Crippen LogP contribution in [0.3, 0.4) is 0 Å². The van der Waals surface area contributed by atoms with E-state index in [1.165, 1.54) is 43.5 Å². The van der Waals surface area contributed by atoms with E-state index in [-0.39, 0.29) is 12.0 Å². The summed E-state index contributed by atoms with van der Waals surface area (Å²) in [4.78, 5) is 24.5. The molecule has 0 aromatic heterocycles. The zero-order chi connectivity index (χ0) is 22.2. The van der Waals surface area contributed by atoms with E-state index in [0.29, 0.717) is 13.2 Å². The van der Waals surface area contributed by atoms with Crippen LogP contribution in [0, 0.1) is 0 Å². The predicted octanol–water partition coefficient (Wildman–Crippen LogP) is 2.46. The second-order valence-corrected chi connectivity index (χ2v) is 9.09. The SMILES string of the molecule is CCNC(=NCc1ccccc1CN1CCCCC1)N1CCN(C(=O)C2CCCO2)CC1. The molecule has 0 bridgehead atoms. The summed E-state index contributed by atoms with van der Waals surface area (Å²) in [6, 6.07) is 8.72. The van der Waals surface area contributed by atoms with Crippen molar-refractivity contribution < 1.29 is 9.53 Å². The number of benzene rings is 1. The van der Waals surface area contributed by atoms with Gasteiger partial charge < -0.3 is 19.9 Å². The number of guanidine groups is 1. The highest BCUT2D eigenvalue weighted by molar-refractivity contribution is 5.82. The van der Waals surface area contributed by atoms with Crippen molar-refractivity contribution in [3.8, 4) is 0 Å². The van der Waals surface area contributed by atoms with Gasteiger partial charge in [-0.15, -0.1) is 0 Å². The van der Waals surface area contributed by atoms with Gasteiger partial charge in [0.1, 0.15) is 6.10 Å². The summed E-state index contributed by atoms with van der Waals surface area (Å²) in [6.45, 7) is 10.8. The number of hydrogen-bond donors (Lipinski definition) is 1. The van der Waals surface area contributed by atoms with Gasteiger partial charge in [0, 0.05) is 45.9 Å². The summed E-state index contributed by atoms with van der Waals surface area (Å²) >= 11 is 0. The minimum atomic E-state index is -0.222. The zero-order valence-electron chi connectivity index (χ0n) is 19.6. The molecule has 1 N–H and O–H groups in total. The van der Waals surface area contributed by atoms with Gasteiger partial charge >= 0.3 is 0 Å². The Hall–Kier alpha value is -2.12. The van der Waals surface area contributed by atoms with E-state index in [0.717, 1.165) is 58.1 Å². The van der Waals surface area contributed by atoms with Crippen LogP contribution in [0.15, 0.2) is 29.3 Å². The number of nitrogens with one attached hydrogen (secondary N) is 1. The first-order valence-electron chi connectivity index (χ1n) is 12.5. The van der Waals surface area contributed by atoms with Gasteiger partial charge in [-0.25, -0.2) is 4.99 Å². The highest BCUT2D eigenvalue weighted by Gasteiger charge is 2.30. The molecule has 3 aliphatic heterocycles. The Labute approximate surface area is 192 Å². The maximum atomic E-state index is 12.6. The molecule has 0 saturated carbocycles. The molecule has 7 heteroatoms. The lowest BCUT2D eigenvalue weighted by atomic mass is 10.1. The maximum Gasteiger partial charge on any atom is 0.251 e. The summed E-state index contributed by atoms with van der Waals surface area (Å²) < 4.78 is 5.59. The van der Waals surface area contributed by atoms with Gasteiger partial charge in [0.15, 0.2) is 5.96 Å². The summed E-state index contributed by atoms with van der Waals surface area (Å²) in [5.74, 6) is 1.11. The van der Waals surface area contributed by atoms with E-state index in [4.69, 9.17) is 9.73 Å². The molecular weight excluding hydrogens is 402 g/mol. The molecule has 0 spiro atoms. The molecule has 0 radical (unpaired) electrons. The van der Waals surface area contributed by atoms with Crippen molar-refractivity contribution in [2.45, 2.75) is 58.2 Å². The number of piperazine rings is 1. The van der Waals surface area contributed by atoms with Crippen molar-refractivity contribution in [2.24, 2.45) is 4.99 Å². The van der Waals surface area contributed by atoms with Crippen LogP contribution >= 0.6 is 0 Å². The molecule has 1 atom stereocenters. The largest absolute Gasteiger partial charge is 0.368 e. The molecule has 32 heavy (non-hydrogen) atoms. The number of likely N-dealkylation sites (tertiary alicyclic amines) is 1. The lowest BCUT2D eigenvalue weighted by Gasteiger charge is -2.37. The van der Waals surface area contributed by atoms with Crippen LogP contribution in [0.25, 0.3) is 0 Å².